The number of carboxylic acid groups (broad SMARTS) is 2. The lowest BCUT2D eigenvalue weighted by Crippen LogP contribution is -2.36. The van der Waals surface area contributed by atoms with Gasteiger partial charge in [0.15, 0.2) is 0 Å². The standard InChI is InChI=1S/C38H45N5O4/c1-23-13-25(3)35(26(4)14-23)29-17-31(40-33(19-29)37(44)45)21-42-9-7-39-8-10-43(12-11-42)22-32-18-30(20-34(41-32)38(46)47)36-27(5)15-24(2)16-28(36)6/h13-20,39H,7-12,21-22H2,1-6H3,(H,44,45)(H,46,47). The van der Waals surface area contributed by atoms with Crippen LogP contribution in [0.3, 0.4) is 0 Å². The Labute approximate surface area is 277 Å². The molecule has 246 valence electrons. The fourth-order valence-corrected chi connectivity index (χ4v) is 7.00. The minimum absolute atomic E-state index is 0.0418. The van der Waals surface area contributed by atoms with Gasteiger partial charge in [-0.3, -0.25) is 9.80 Å². The molecule has 0 radical (unpaired) electrons. The molecule has 0 amide bonds. The van der Waals surface area contributed by atoms with E-state index in [4.69, 9.17) is 0 Å². The monoisotopic (exact) mass is 635 g/mol. The van der Waals surface area contributed by atoms with Gasteiger partial charge in [-0.25, -0.2) is 19.6 Å². The highest BCUT2D eigenvalue weighted by Gasteiger charge is 2.19. The summed E-state index contributed by atoms with van der Waals surface area (Å²) in [4.78, 5) is 37.9. The third-order valence-electron chi connectivity index (χ3n) is 8.84. The van der Waals surface area contributed by atoms with E-state index in [2.05, 4.69) is 90.9 Å². The molecule has 2 aromatic carbocycles. The van der Waals surface area contributed by atoms with Crippen LogP contribution >= 0.6 is 0 Å². The van der Waals surface area contributed by atoms with Crippen LogP contribution in [0.25, 0.3) is 22.3 Å². The molecule has 0 aliphatic carbocycles. The Morgan fingerprint density at radius 3 is 1.30 bits per heavy atom. The maximum absolute atomic E-state index is 12.1. The molecule has 0 saturated carbocycles. The number of hydrogen-bond acceptors (Lipinski definition) is 7. The fraction of sp³-hybridized carbons (Fsp3) is 0.368. The van der Waals surface area contributed by atoms with E-state index in [1.54, 1.807) is 12.1 Å². The molecule has 3 heterocycles. The van der Waals surface area contributed by atoms with E-state index in [1.807, 2.05) is 12.1 Å². The maximum Gasteiger partial charge on any atom is 0.354 e. The average molecular weight is 636 g/mol. The van der Waals surface area contributed by atoms with E-state index in [1.165, 1.54) is 11.1 Å². The highest BCUT2D eigenvalue weighted by molar-refractivity contribution is 5.88. The van der Waals surface area contributed by atoms with Crippen molar-refractivity contribution in [2.75, 3.05) is 39.3 Å². The van der Waals surface area contributed by atoms with Crippen LogP contribution in [-0.2, 0) is 13.1 Å². The quantitative estimate of drug-likeness (QED) is 0.215. The second-order valence-corrected chi connectivity index (χ2v) is 12.9. The van der Waals surface area contributed by atoms with Gasteiger partial charge in [-0.05, 0) is 110 Å². The number of benzene rings is 2. The number of aromatic carboxylic acids is 2. The van der Waals surface area contributed by atoms with E-state index in [9.17, 15) is 19.8 Å². The van der Waals surface area contributed by atoms with E-state index in [0.29, 0.717) is 13.1 Å². The number of aryl methyl sites for hydroxylation is 6. The Hall–Kier alpha value is -4.44. The van der Waals surface area contributed by atoms with Gasteiger partial charge < -0.3 is 15.5 Å². The Balaban J connectivity index is 1.38. The van der Waals surface area contributed by atoms with Crippen LogP contribution in [-0.4, -0.2) is 81.2 Å². The van der Waals surface area contributed by atoms with E-state index in [-0.39, 0.29) is 11.4 Å². The molecule has 0 atom stereocenters. The van der Waals surface area contributed by atoms with Crippen molar-refractivity contribution in [3.8, 4) is 22.3 Å². The summed E-state index contributed by atoms with van der Waals surface area (Å²) < 4.78 is 0. The third-order valence-corrected chi connectivity index (χ3v) is 8.84. The first-order valence-corrected chi connectivity index (χ1v) is 16.2. The van der Waals surface area contributed by atoms with Crippen molar-refractivity contribution in [2.24, 2.45) is 0 Å². The molecule has 47 heavy (non-hydrogen) atoms. The topological polar surface area (TPSA) is 119 Å². The molecule has 2 aromatic heterocycles. The van der Waals surface area contributed by atoms with Crippen molar-refractivity contribution in [3.05, 3.63) is 105 Å². The molecule has 0 bridgehead atoms. The van der Waals surface area contributed by atoms with Crippen molar-refractivity contribution in [1.82, 2.24) is 25.1 Å². The predicted octanol–water partition coefficient (Wildman–Crippen LogP) is 5.96. The van der Waals surface area contributed by atoms with Gasteiger partial charge in [0, 0.05) is 52.4 Å². The van der Waals surface area contributed by atoms with E-state index < -0.39 is 11.9 Å². The summed E-state index contributed by atoms with van der Waals surface area (Å²) in [5.74, 6) is -2.08. The van der Waals surface area contributed by atoms with Crippen LogP contribution in [0.5, 0.6) is 0 Å². The van der Waals surface area contributed by atoms with Gasteiger partial charge in [0.05, 0.1) is 11.4 Å². The van der Waals surface area contributed by atoms with Crippen molar-refractivity contribution >= 4 is 11.9 Å². The van der Waals surface area contributed by atoms with Crippen LogP contribution in [0.4, 0.5) is 0 Å². The lowest BCUT2D eigenvalue weighted by Gasteiger charge is -2.26. The predicted molar refractivity (Wildman–Crippen MR) is 185 cm³/mol. The highest BCUT2D eigenvalue weighted by Crippen LogP contribution is 2.31. The summed E-state index contributed by atoms with van der Waals surface area (Å²) in [6.45, 7) is 18.0. The number of nitrogens with one attached hydrogen (secondary N) is 1. The summed E-state index contributed by atoms with van der Waals surface area (Å²) in [6.07, 6.45) is 0. The number of pyridine rings is 2. The molecule has 5 rings (SSSR count). The second kappa shape index (κ2) is 14.5. The number of carbonyl (C=O) groups is 2. The van der Waals surface area contributed by atoms with Crippen molar-refractivity contribution in [2.45, 2.75) is 54.6 Å². The van der Waals surface area contributed by atoms with Gasteiger partial charge in [-0.2, -0.15) is 0 Å². The highest BCUT2D eigenvalue weighted by atomic mass is 16.4. The summed E-state index contributed by atoms with van der Waals surface area (Å²) in [6, 6.07) is 15.9. The van der Waals surface area contributed by atoms with Gasteiger partial charge in [0.1, 0.15) is 11.4 Å². The van der Waals surface area contributed by atoms with Crippen LogP contribution in [0.2, 0.25) is 0 Å². The molecule has 1 aliphatic heterocycles. The summed E-state index contributed by atoms with van der Waals surface area (Å²) >= 11 is 0. The number of rotatable bonds is 8. The second-order valence-electron chi connectivity index (χ2n) is 12.9. The summed E-state index contributed by atoms with van der Waals surface area (Å²) in [5.41, 5.74) is 12.1. The van der Waals surface area contributed by atoms with Crippen LogP contribution in [0, 0.1) is 41.5 Å². The van der Waals surface area contributed by atoms with Crippen molar-refractivity contribution in [3.63, 3.8) is 0 Å². The average Bonchev–Trinajstić information content (AvgIpc) is 3.08. The Bertz CT molecular complexity index is 1640. The number of aromatic nitrogens is 2. The first-order valence-electron chi connectivity index (χ1n) is 16.2. The minimum atomic E-state index is -1.04. The molecule has 0 spiro atoms. The lowest BCUT2D eigenvalue weighted by atomic mass is 9.93. The summed E-state index contributed by atoms with van der Waals surface area (Å²) in [7, 11) is 0. The Morgan fingerprint density at radius 2 is 0.957 bits per heavy atom. The zero-order valence-corrected chi connectivity index (χ0v) is 28.3. The molecule has 9 nitrogen and oxygen atoms in total. The molecular weight excluding hydrogens is 590 g/mol. The number of hydrogen-bond donors (Lipinski definition) is 3. The summed E-state index contributed by atoms with van der Waals surface area (Å²) in [5, 5.41) is 23.4. The van der Waals surface area contributed by atoms with Crippen LogP contribution in [0.1, 0.15) is 65.7 Å². The minimum Gasteiger partial charge on any atom is -0.477 e. The molecule has 1 saturated heterocycles. The van der Waals surface area contributed by atoms with Gasteiger partial charge >= 0.3 is 11.9 Å². The Kier molecular flexibility index (Phi) is 10.5. The number of carboxylic acids is 2. The Morgan fingerprint density at radius 1 is 0.596 bits per heavy atom. The number of nitrogens with zero attached hydrogens (tertiary/aromatic N) is 4. The van der Waals surface area contributed by atoms with Gasteiger partial charge in [-0.1, -0.05) is 35.4 Å². The third kappa shape index (κ3) is 8.29. The fourth-order valence-electron chi connectivity index (χ4n) is 7.00. The molecular formula is C38H45N5O4. The van der Waals surface area contributed by atoms with E-state index >= 15 is 0 Å². The molecule has 4 aromatic rings. The normalized spacial score (nSPS) is 14.8. The van der Waals surface area contributed by atoms with Gasteiger partial charge in [0.25, 0.3) is 0 Å². The van der Waals surface area contributed by atoms with Crippen LogP contribution < -0.4 is 5.32 Å². The van der Waals surface area contributed by atoms with Gasteiger partial charge in [0.2, 0.25) is 0 Å². The first-order chi connectivity index (χ1) is 22.4. The smallest absolute Gasteiger partial charge is 0.354 e. The molecule has 0 unspecified atom stereocenters. The first kappa shape index (κ1) is 33.9. The zero-order valence-electron chi connectivity index (χ0n) is 28.3. The van der Waals surface area contributed by atoms with Crippen LogP contribution in [0.15, 0.2) is 48.5 Å². The molecule has 9 heteroatoms. The van der Waals surface area contributed by atoms with Crippen molar-refractivity contribution < 1.29 is 19.8 Å². The lowest BCUT2D eigenvalue weighted by molar-refractivity contribution is 0.0679. The van der Waals surface area contributed by atoms with Gasteiger partial charge in [-0.15, -0.1) is 0 Å². The molecule has 1 aliphatic rings. The molecule has 1 fully saturated rings. The maximum atomic E-state index is 12.1. The SMILES string of the molecule is Cc1cc(C)c(-c2cc(CN3CCNCCN(Cc4cc(-c5c(C)cc(C)cc5C)cc(C(=O)O)n4)CC3)nc(C(=O)O)c2)c(C)c1. The molecule has 3 N–H and O–H groups in total. The van der Waals surface area contributed by atoms with E-state index in [0.717, 1.165) is 95.2 Å². The zero-order chi connectivity index (χ0) is 33.8. The van der Waals surface area contributed by atoms with Crippen molar-refractivity contribution in [1.29, 1.82) is 0 Å². The largest absolute Gasteiger partial charge is 0.477 e.